The molecule has 0 unspecified atom stereocenters. The molecule has 0 spiro atoms. The van der Waals surface area contributed by atoms with Crippen molar-refractivity contribution in [2.75, 3.05) is 39.8 Å². The van der Waals surface area contributed by atoms with Gasteiger partial charge in [0.1, 0.15) is 11.6 Å². The van der Waals surface area contributed by atoms with E-state index in [2.05, 4.69) is 35.3 Å². The normalized spacial score (nSPS) is 18.3. The fourth-order valence-corrected chi connectivity index (χ4v) is 4.27. The van der Waals surface area contributed by atoms with Crippen LogP contribution in [0.5, 0.6) is 0 Å². The number of hydrogen-bond donors (Lipinski definition) is 2. The topological polar surface area (TPSA) is 70.4 Å². The first-order valence-corrected chi connectivity index (χ1v) is 11.4. The lowest BCUT2D eigenvalue weighted by Crippen LogP contribution is -2.39. The molecule has 3 rings (SSSR count). The van der Waals surface area contributed by atoms with Crippen molar-refractivity contribution in [3.05, 3.63) is 11.6 Å². The lowest BCUT2D eigenvalue weighted by Gasteiger charge is -2.20. The smallest absolute Gasteiger partial charge is 0.190 e. The van der Waals surface area contributed by atoms with Gasteiger partial charge >= 0.3 is 0 Å². The van der Waals surface area contributed by atoms with Gasteiger partial charge in [-0.3, -0.25) is 4.99 Å². The zero-order chi connectivity index (χ0) is 19.4. The van der Waals surface area contributed by atoms with Crippen LogP contribution in [0.1, 0.15) is 69.4 Å². The molecule has 8 heteroatoms. The Hall–Kier alpha value is -0.900. The second-order valence-corrected chi connectivity index (χ2v) is 8.13. The predicted molar refractivity (Wildman–Crippen MR) is 130 cm³/mol. The number of aliphatic imine (C=N–C) groups is 1. The fraction of sp³-hybridized carbons (Fsp3) is 0.857. The van der Waals surface area contributed by atoms with Gasteiger partial charge in [-0.05, 0) is 58.2 Å². The van der Waals surface area contributed by atoms with Crippen LogP contribution < -0.4 is 10.6 Å². The number of fused-ring (bicyclic) bond motifs is 1. The molecule has 0 aromatic carbocycles. The number of aryl methyl sites for hydroxylation is 2. The molecule has 0 amide bonds. The maximum absolute atomic E-state index is 4.42. The molecule has 0 saturated carbocycles. The van der Waals surface area contributed by atoms with Gasteiger partial charge in [0.2, 0.25) is 0 Å². The van der Waals surface area contributed by atoms with Crippen LogP contribution in [0.3, 0.4) is 0 Å². The molecular weight excluding hydrogens is 477 g/mol. The van der Waals surface area contributed by atoms with E-state index in [0.717, 1.165) is 50.7 Å². The summed E-state index contributed by atoms with van der Waals surface area (Å²) in [6.07, 6.45) is 13.6. The van der Waals surface area contributed by atoms with E-state index >= 15 is 0 Å². The molecule has 0 radical (unpaired) electrons. The number of nitrogens with one attached hydrogen (secondary N) is 2. The Morgan fingerprint density at radius 1 is 0.897 bits per heavy atom. The summed E-state index contributed by atoms with van der Waals surface area (Å²) in [5, 5.41) is 15.7. The van der Waals surface area contributed by atoms with E-state index in [1.807, 2.05) is 7.05 Å². The Balaban J connectivity index is 0.00000300. The molecule has 1 aromatic heterocycles. The highest BCUT2D eigenvalue weighted by Gasteiger charge is 2.14. The van der Waals surface area contributed by atoms with Gasteiger partial charge in [-0.2, -0.15) is 0 Å². The van der Waals surface area contributed by atoms with E-state index in [0.29, 0.717) is 0 Å². The Morgan fingerprint density at radius 3 is 2.34 bits per heavy atom. The van der Waals surface area contributed by atoms with Crippen LogP contribution >= 0.6 is 24.0 Å². The van der Waals surface area contributed by atoms with E-state index in [-0.39, 0.29) is 24.0 Å². The zero-order valence-electron chi connectivity index (χ0n) is 18.2. The molecule has 29 heavy (non-hydrogen) atoms. The Bertz CT molecular complexity index is 594. The first-order chi connectivity index (χ1) is 13.9. The number of guanidine groups is 1. The molecule has 2 aliphatic heterocycles. The monoisotopic (exact) mass is 517 g/mol. The van der Waals surface area contributed by atoms with Crippen LogP contribution in [0.15, 0.2) is 4.99 Å². The van der Waals surface area contributed by atoms with Crippen LogP contribution in [0.2, 0.25) is 0 Å². The highest BCUT2D eigenvalue weighted by molar-refractivity contribution is 14.0. The SMILES string of the molecule is CN=C(NCCCc1nnc2n1CCCCC2)NCCCN1CCCCCC1.I. The number of likely N-dealkylation sites (tertiary alicyclic amines) is 1. The molecule has 1 aromatic rings. The van der Waals surface area contributed by atoms with Crippen molar-refractivity contribution in [3.8, 4) is 0 Å². The average Bonchev–Trinajstić information content (AvgIpc) is 2.91. The van der Waals surface area contributed by atoms with Crippen LogP contribution in [0.25, 0.3) is 0 Å². The maximum atomic E-state index is 4.42. The fourth-order valence-electron chi connectivity index (χ4n) is 4.27. The average molecular weight is 518 g/mol. The van der Waals surface area contributed by atoms with Gasteiger partial charge in [-0.25, -0.2) is 0 Å². The van der Waals surface area contributed by atoms with E-state index < -0.39 is 0 Å². The van der Waals surface area contributed by atoms with Crippen LogP contribution in [0, 0.1) is 0 Å². The summed E-state index contributed by atoms with van der Waals surface area (Å²) in [5.41, 5.74) is 0. The summed E-state index contributed by atoms with van der Waals surface area (Å²) in [6.45, 7) is 6.73. The third kappa shape index (κ3) is 8.39. The van der Waals surface area contributed by atoms with Crippen molar-refractivity contribution in [2.24, 2.45) is 4.99 Å². The first-order valence-electron chi connectivity index (χ1n) is 11.4. The second-order valence-electron chi connectivity index (χ2n) is 8.13. The lowest BCUT2D eigenvalue weighted by atomic mass is 10.2. The van der Waals surface area contributed by atoms with Crippen LogP contribution in [0.4, 0.5) is 0 Å². The van der Waals surface area contributed by atoms with E-state index in [1.54, 1.807) is 0 Å². The Labute approximate surface area is 193 Å². The van der Waals surface area contributed by atoms with Crippen LogP contribution in [-0.4, -0.2) is 65.4 Å². The molecule has 0 atom stereocenters. The van der Waals surface area contributed by atoms with Gasteiger partial charge in [0, 0.05) is 39.5 Å². The number of nitrogens with zero attached hydrogens (tertiary/aromatic N) is 5. The van der Waals surface area contributed by atoms with Gasteiger partial charge in [0.25, 0.3) is 0 Å². The molecule has 1 fully saturated rings. The second kappa shape index (κ2) is 14.2. The molecule has 0 aliphatic carbocycles. The van der Waals surface area contributed by atoms with E-state index in [9.17, 15) is 0 Å². The third-order valence-electron chi connectivity index (χ3n) is 5.92. The Morgan fingerprint density at radius 2 is 1.59 bits per heavy atom. The van der Waals surface area contributed by atoms with Gasteiger partial charge < -0.3 is 20.1 Å². The molecular formula is C21H40IN7. The molecule has 2 aliphatic rings. The first kappa shape index (κ1) is 24.4. The summed E-state index contributed by atoms with van der Waals surface area (Å²) in [7, 11) is 1.85. The van der Waals surface area contributed by atoms with Gasteiger partial charge in [-0.15, -0.1) is 34.2 Å². The number of aromatic nitrogens is 3. The summed E-state index contributed by atoms with van der Waals surface area (Å²) in [6, 6.07) is 0. The van der Waals surface area contributed by atoms with Gasteiger partial charge in [0.05, 0.1) is 0 Å². The van der Waals surface area contributed by atoms with Crippen molar-refractivity contribution >= 4 is 29.9 Å². The molecule has 0 bridgehead atoms. The predicted octanol–water partition coefficient (Wildman–Crippen LogP) is 2.99. The summed E-state index contributed by atoms with van der Waals surface area (Å²) in [4.78, 5) is 6.97. The van der Waals surface area contributed by atoms with Gasteiger partial charge in [-0.1, -0.05) is 19.3 Å². The van der Waals surface area contributed by atoms with E-state index in [4.69, 9.17) is 0 Å². The van der Waals surface area contributed by atoms with Crippen molar-refractivity contribution in [1.82, 2.24) is 30.3 Å². The summed E-state index contributed by atoms with van der Waals surface area (Å²) >= 11 is 0. The number of halogens is 1. The lowest BCUT2D eigenvalue weighted by molar-refractivity contribution is 0.282. The minimum absolute atomic E-state index is 0. The summed E-state index contributed by atoms with van der Waals surface area (Å²) < 4.78 is 2.35. The molecule has 166 valence electrons. The largest absolute Gasteiger partial charge is 0.356 e. The number of hydrogen-bond acceptors (Lipinski definition) is 4. The minimum atomic E-state index is 0. The van der Waals surface area contributed by atoms with Crippen molar-refractivity contribution in [2.45, 2.75) is 77.2 Å². The van der Waals surface area contributed by atoms with Gasteiger partial charge in [0.15, 0.2) is 5.96 Å². The number of rotatable bonds is 8. The molecule has 3 heterocycles. The van der Waals surface area contributed by atoms with Crippen molar-refractivity contribution in [1.29, 1.82) is 0 Å². The molecule has 2 N–H and O–H groups in total. The quantitative estimate of drug-likeness (QED) is 0.240. The highest BCUT2D eigenvalue weighted by atomic mass is 127. The van der Waals surface area contributed by atoms with E-state index in [1.165, 1.54) is 76.8 Å². The summed E-state index contributed by atoms with van der Waals surface area (Å²) in [5.74, 6) is 3.25. The molecule has 1 saturated heterocycles. The van der Waals surface area contributed by atoms with Crippen molar-refractivity contribution < 1.29 is 0 Å². The standard InChI is InChI=1S/C21H39N7.HI/c1-22-21(24-14-10-17-27-15-6-2-3-7-16-27)23-13-9-12-20-26-25-19-11-5-4-8-18-28(19)20;/h2-18H2,1H3,(H2,22,23,24);1H. The highest BCUT2D eigenvalue weighted by Crippen LogP contribution is 2.15. The van der Waals surface area contributed by atoms with Crippen LogP contribution in [-0.2, 0) is 19.4 Å². The zero-order valence-corrected chi connectivity index (χ0v) is 20.5. The third-order valence-corrected chi connectivity index (χ3v) is 5.92. The van der Waals surface area contributed by atoms with Crippen molar-refractivity contribution in [3.63, 3.8) is 0 Å². The minimum Gasteiger partial charge on any atom is -0.356 e. The Kier molecular flexibility index (Phi) is 11.9. The maximum Gasteiger partial charge on any atom is 0.190 e. The molecule has 7 nitrogen and oxygen atoms in total.